The summed E-state index contributed by atoms with van der Waals surface area (Å²) in [6, 6.07) is 8.33. The van der Waals surface area contributed by atoms with Gasteiger partial charge in [-0.05, 0) is 37.5 Å². The lowest BCUT2D eigenvalue weighted by Crippen LogP contribution is -2.24. The van der Waals surface area contributed by atoms with Gasteiger partial charge in [0.25, 0.3) is 0 Å². The number of hydrogen-bond acceptors (Lipinski definition) is 4. The van der Waals surface area contributed by atoms with E-state index in [9.17, 15) is 0 Å². The predicted molar refractivity (Wildman–Crippen MR) is 80.8 cm³/mol. The van der Waals surface area contributed by atoms with E-state index in [0.717, 1.165) is 18.1 Å². The second-order valence-electron chi connectivity index (χ2n) is 5.02. The summed E-state index contributed by atoms with van der Waals surface area (Å²) in [6.45, 7) is 2.98. The summed E-state index contributed by atoms with van der Waals surface area (Å²) >= 11 is 1.90. The first-order valence-corrected chi connectivity index (χ1v) is 7.88. The van der Waals surface area contributed by atoms with Crippen LogP contribution >= 0.6 is 11.8 Å². The quantitative estimate of drug-likeness (QED) is 0.870. The van der Waals surface area contributed by atoms with Crippen molar-refractivity contribution in [3.05, 3.63) is 29.8 Å². The number of benzene rings is 1. The summed E-state index contributed by atoms with van der Waals surface area (Å²) in [5.41, 5.74) is 7.39. The van der Waals surface area contributed by atoms with Gasteiger partial charge in [0.2, 0.25) is 0 Å². The van der Waals surface area contributed by atoms with Crippen molar-refractivity contribution in [1.29, 1.82) is 0 Å². The van der Waals surface area contributed by atoms with E-state index < -0.39 is 0 Å². The minimum Gasteiger partial charge on any atom is -0.497 e. The average Bonchev–Trinajstić information content (AvgIpc) is 2.92. The molecule has 1 saturated heterocycles. The predicted octanol–water partition coefficient (Wildman–Crippen LogP) is 3.00. The van der Waals surface area contributed by atoms with Gasteiger partial charge in [-0.2, -0.15) is 0 Å². The van der Waals surface area contributed by atoms with Crippen LogP contribution in [0.2, 0.25) is 0 Å². The van der Waals surface area contributed by atoms with E-state index in [1.807, 2.05) is 23.9 Å². The summed E-state index contributed by atoms with van der Waals surface area (Å²) in [4.78, 5) is 0. The van der Waals surface area contributed by atoms with E-state index in [2.05, 4.69) is 19.1 Å². The highest BCUT2D eigenvalue weighted by atomic mass is 32.2. The van der Waals surface area contributed by atoms with Crippen molar-refractivity contribution in [2.24, 2.45) is 5.73 Å². The van der Waals surface area contributed by atoms with E-state index >= 15 is 0 Å². The Hall–Kier alpha value is -0.710. The Bertz CT molecular complexity index is 374. The minimum absolute atomic E-state index is 0.125. The zero-order valence-corrected chi connectivity index (χ0v) is 12.5. The smallest absolute Gasteiger partial charge is 0.118 e. The Kier molecular flexibility index (Phi) is 5.55. The third kappa shape index (κ3) is 4.13. The van der Waals surface area contributed by atoms with Crippen molar-refractivity contribution >= 4 is 11.8 Å². The minimum atomic E-state index is 0.125. The van der Waals surface area contributed by atoms with Gasteiger partial charge in [-0.25, -0.2) is 0 Å². The molecule has 1 heterocycles. The molecule has 1 aliphatic rings. The number of nitrogens with two attached hydrogens (primary N) is 1. The Morgan fingerprint density at radius 2 is 2.16 bits per heavy atom. The van der Waals surface area contributed by atoms with Crippen molar-refractivity contribution in [3.8, 4) is 5.75 Å². The second kappa shape index (κ2) is 7.17. The molecule has 0 amide bonds. The fourth-order valence-corrected chi connectivity index (χ4v) is 3.67. The Morgan fingerprint density at radius 1 is 1.42 bits per heavy atom. The largest absolute Gasteiger partial charge is 0.497 e. The summed E-state index contributed by atoms with van der Waals surface area (Å²) in [5.74, 6) is 1.91. The third-order valence-corrected chi connectivity index (χ3v) is 5.03. The monoisotopic (exact) mass is 281 g/mol. The first-order valence-electron chi connectivity index (χ1n) is 6.83. The van der Waals surface area contributed by atoms with Gasteiger partial charge < -0.3 is 15.2 Å². The molecule has 1 aromatic rings. The van der Waals surface area contributed by atoms with Crippen LogP contribution in [-0.2, 0) is 4.74 Å². The van der Waals surface area contributed by atoms with Crippen LogP contribution in [0, 0.1) is 0 Å². The SMILES string of the molecule is COc1ccc(C(SCC2CCCO2)C(C)N)cc1. The summed E-state index contributed by atoms with van der Waals surface area (Å²) < 4.78 is 10.9. The van der Waals surface area contributed by atoms with Crippen LogP contribution in [0.15, 0.2) is 24.3 Å². The van der Waals surface area contributed by atoms with Crippen LogP contribution < -0.4 is 10.5 Å². The molecular formula is C15H23NO2S. The molecule has 0 aliphatic carbocycles. The molecule has 2 rings (SSSR count). The number of methoxy groups -OCH3 is 1. The molecule has 3 nitrogen and oxygen atoms in total. The molecule has 1 aliphatic heterocycles. The van der Waals surface area contributed by atoms with E-state index in [-0.39, 0.29) is 6.04 Å². The maximum absolute atomic E-state index is 6.13. The van der Waals surface area contributed by atoms with Gasteiger partial charge in [0, 0.05) is 23.7 Å². The Morgan fingerprint density at radius 3 is 2.68 bits per heavy atom. The Balaban J connectivity index is 1.97. The highest BCUT2D eigenvalue weighted by molar-refractivity contribution is 7.99. The molecule has 3 atom stereocenters. The van der Waals surface area contributed by atoms with Gasteiger partial charge in [-0.15, -0.1) is 11.8 Å². The first kappa shape index (κ1) is 14.7. The van der Waals surface area contributed by atoms with Gasteiger partial charge in [0.05, 0.1) is 13.2 Å². The molecule has 0 bridgehead atoms. The van der Waals surface area contributed by atoms with Crippen LogP contribution in [0.3, 0.4) is 0 Å². The van der Waals surface area contributed by atoms with Gasteiger partial charge in [0.15, 0.2) is 0 Å². The number of hydrogen-bond donors (Lipinski definition) is 1. The van der Waals surface area contributed by atoms with Crippen LogP contribution in [0.1, 0.15) is 30.6 Å². The number of rotatable bonds is 6. The zero-order valence-electron chi connectivity index (χ0n) is 11.7. The lowest BCUT2D eigenvalue weighted by molar-refractivity contribution is 0.128. The van der Waals surface area contributed by atoms with Crippen molar-refractivity contribution < 1.29 is 9.47 Å². The second-order valence-corrected chi connectivity index (χ2v) is 6.20. The van der Waals surface area contributed by atoms with Gasteiger partial charge in [0.1, 0.15) is 5.75 Å². The lowest BCUT2D eigenvalue weighted by Gasteiger charge is -2.22. The molecule has 19 heavy (non-hydrogen) atoms. The van der Waals surface area contributed by atoms with Crippen molar-refractivity contribution in [2.45, 2.75) is 37.2 Å². The molecule has 0 saturated carbocycles. The maximum Gasteiger partial charge on any atom is 0.118 e. The molecule has 1 fully saturated rings. The topological polar surface area (TPSA) is 44.5 Å². The first-order chi connectivity index (χ1) is 9.20. The molecule has 0 aromatic heterocycles. The van der Waals surface area contributed by atoms with Gasteiger partial charge >= 0.3 is 0 Å². The van der Waals surface area contributed by atoms with Gasteiger partial charge in [-0.3, -0.25) is 0 Å². The van der Waals surface area contributed by atoms with Gasteiger partial charge in [-0.1, -0.05) is 12.1 Å². The third-order valence-electron chi connectivity index (χ3n) is 3.41. The molecule has 4 heteroatoms. The fourth-order valence-electron chi connectivity index (χ4n) is 2.33. The standard InChI is InChI=1S/C15H23NO2S/c1-11(16)15(19-10-14-4-3-9-18-14)12-5-7-13(17-2)8-6-12/h5-8,11,14-15H,3-4,9-10,16H2,1-2H3. The van der Waals surface area contributed by atoms with Crippen molar-refractivity contribution in [3.63, 3.8) is 0 Å². The van der Waals surface area contributed by atoms with E-state index in [1.54, 1.807) is 7.11 Å². The van der Waals surface area contributed by atoms with Crippen molar-refractivity contribution in [1.82, 2.24) is 0 Å². The normalized spacial score (nSPS) is 22.2. The maximum atomic E-state index is 6.13. The number of thioether (sulfide) groups is 1. The van der Waals surface area contributed by atoms with E-state index in [0.29, 0.717) is 11.4 Å². The zero-order chi connectivity index (χ0) is 13.7. The van der Waals surface area contributed by atoms with Crippen molar-refractivity contribution in [2.75, 3.05) is 19.5 Å². The van der Waals surface area contributed by atoms with Crippen LogP contribution in [-0.4, -0.2) is 31.6 Å². The lowest BCUT2D eigenvalue weighted by atomic mass is 10.1. The molecule has 0 radical (unpaired) electrons. The average molecular weight is 281 g/mol. The Labute approximate surface area is 119 Å². The highest BCUT2D eigenvalue weighted by Gasteiger charge is 2.21. The number of ether oxygens (including phenoxy) is 2. The van der Waals surface area contributed by atoms with Crippen LogP contribution in [0.4, 0.5) is 0 Å². The van der Waals surface area contributed by atoms with E-state index in [4.69, 9.17) is 15.2 Å². The molecule has 3 unspecified atom stereocenters. The highest BCUT2D eigenvalue weighted by Crippen LogP contribution is 2.34. The molecule has 2 N–H and O–H groups in total. The summed E-state index contributed by atoms with van der Waals surface area (Å²) in [5, 5.41) is 0.315. The summed E-state index contributed by atoms with van der Waals surface area (Å²) in [6.07, 6.45) is 2.78. The molecule has 0 spiro atoms. The molecule has 1 aromatic carbocycles. The van der Waals surface area contributed by atoms with E-state index in [1.165, 1.54) is 18.4 Å². The molecular weight excluding hydrogens is 258 g/mol. The van der Waals surface area contributed by atoms with Crippen LogP contribution in [0.5, 0.6) is 5.75 Å². The fraction of sp³-hybridized carbons (Fsp3) is 0.600. The molecule has 106 valence electrons. The van der Waals surface area contributed by atoms with Crippen LogP contribution in [0.25, 0.3) is 0 Å². The summed E-state index contributed by atoms with van der Waals surface area (Å²) in [7, 11) is 1.68.